The standard InChI is InChI=1S/C14H16N4O2/c15-11-4-1-10(7-11)13(19)17-12-5-2-9(3-6-12)14-18-16-8-20-14/h2-3,5-6,8,10-11H,1,4,7,15H2,(H,17,19). The SMILES string of the molecule is NC1CCC(C(=O)Nc2ccc(-c3nnco3)cc2)C1. The van der Waals surface area contributed by atoms with Crippen LogP contribution in [0.1, 0.15) is 19.3 Å². The van der Waals surface area contributed by atoms with Crippen molar-refractivity contribution < 1.29 is 9.21 Å². The highest BCUT2D eigenvalue weighted by Crippen LogP contribution is 2.26. The molecule has 0 saturated heterocycles. The molecule has 1 aromatic heterocycles. The average Bonchev–Trinajstić information content (AvgIpc) is 3.10. The Hall–Kier alpha value is -2.21. The van der Waals surface area contributed by atoms with Gasteiger partial charge in [0.25, 0.3) is 0 Å². The number of aromatic nitrogens is 2. The average molecular weight is 272 g/mol. The summed E-state index contributed by atoms with van der Waals surface area (Å²) in [5.41, 5.74) is 7.41. The van der Waals surface area contributed by atoms with Crippen LogP contribution in [0.3, 0.4) is 0 Å². The lowest BCUT2D eigenvalue weighted by Gasteiger charge is -2.10. The first-order valence-corrected chi connectivity index (χ1v) is 6.65. The summed E-state index contributed by atoms with van der Waals surface area (Å²) >= 11 is 0. The molecule has 3 rings (SSSR count). The van der Waals surface area contributed by atoms with Gasteiger partial charge in [-0.3, -0.25) is 4.79 Å². The van der Waals surface area contributed by atoms with Gasteiger partial charge in [0.05, 0.1) is 0 Å². The van der Waals surface area contributed by atoms with E-state index in [1.165, 1.54) is 6.39 Å². The summed E-state index contributed by atoms with van der Waals surface area (Å²) in [5.74, 6) is 0.536. The fourth-order valence-corrected chi connectivity index (χ4v) is 2.49. The minimum Gasteiger partial charge on any atom is -0.423 e. The number of anilines is 1. The molecular weight excluding hydrogens is 256 g/mol. The van der Waals surface area contributed by atoms with Gasteiger partial charge in [-0.15, -0.1) is 10.2 Å². The third kappa shape index (κ3) is 2.70. The van der Waals surface area contributed by atoms with E-state index >= 15 is 0 Å². The van der Waals surface area contributed by atoms with Gasteiger partial charge in [-0.2, -0.15) is 0 Å². The summed E-state index contributed by atoms with van der Waals surface area (Å²) in [7, 11) is 0. The number of benzene rings is 1. The molecular formula is C14H16N4O2. The monoisotopic (exact) mass is 272 g/mol. The van der Waals surface area contributed by atoms with Crippen molar-refractivity contribution in [1.29, 1.82) is 0 Å². The van der Waals surface area contributed by atoms with Crippen molar-refractivity contribution in [3.05, 3.63) is 30.7 Å². The number of rotatable bonds is 3. The number of amides is 1. The number of carbonyl (C=O) groups is 1. The minimum atomic E-state index is 0.0283. The maximum absolute atomic E-state index is 12.1. The van der Waals surface area contributed by atoms with Crippen LogP contribution in [0.4, 0.5) is 5.69 Å². The molecule has 0 radical (unpaired) electrons. The predicted molar refractivity (Wildman–Crippen MR) is 73.7 cm³/mol. The molecule has 2 unspecified atom stereocenters. The molecule has 20 heavy (non-hydrogen) atoms. The van der Waals surface area contributed by atoms with E-state index in [4.69, 9.17) is 10.2 Å². The first-order valence-electron chi connectivity index (χ1n) is 6.65. The molecule has 0 spiro atoms. The van der Waals surface area contributed by atoms with E-state index < -0.39 is 0 Å². The molecule has 1 amide bonds. The van der Waals surface area contributed by atoms with Gasteiger partial charge in [0, 0.05) is 23.2 Å². The van der Waals surface area contributed by atoms with E-state index in [1.54, 1.807) is 0 Å². The highest BCUT2D eigenvalue weighted by Gasteiger charge is 2.27. The van der Waals surface area contributed by atoms with Gasteiger partial charge >= 0.3 is 0 Å². The normalized spacial score (nSPS) is 21.9. The van der Waals surface area contributed by atoms with Crippen molar-refractivity contribution in [2.75, 3.05) is 5.32 Å². The molecule has 1 fully saturated rings. The molecule has 6 heteroatoms. The number of hydrogen-bond acceptors (Lipinski definition) is 5. The molecule has 6 nitrogen and oxygen atoms in total. The Bertz CT molecular complexity index is 580. The second kappa shape index (κ2) is 5.42. The van der Waals surface area contributed by atoms with Crippen molar-refractivity contribution in [1.82, 2.24) is 10.2 Å². The Morgan fingerprint density at radius 2 is 2.10 bits per heavy atom. The Labute approximate surface area is 116 Å². The van der Waals surface area contributed by atoms with Crippen LogP contribution in [0.15, 0.2) is 35.1 Å². The molecule has 0 bridgehead atoms. The van der Waals surface area contributed by atoms with Crippen molar-refractivity contribution in [3.8, 4) is 11.5 Å². The highest BCUT2D eigenvalue weighted by atomic mass is 16.4. The quantitative estimate of drug-likeness (QED) is 0.888. The molecule has 1 aliphatic carbocycles. The fraction of sp³-hybridized carbons (Fsp3) is 0.357. The Kier molecular flexibility index (Phi) is 3.47. The van der Waals surface area contributed by atoms with Crippen LogP contribution in [-0.4, -0.2) is 22.1 Å². The Morgan fingerprint density at radius 3 is 2.70 bits per heavy atom. The van der Waals surface area contributed by atoms with E-state index in [9.17, 15) is 4.79 Å². The molecule has 1 heterocycles. The van der Waals surface area contributed by atoms with Gasteiger partial charge in [0.15, 0.2) is 0 Å². The van der Waals surface area contributed by atoms with Crippen molar-refractivity contribution in [3.63, 3.8) is 0 Å². The Balaban J connectivity index is 1.65. The van der Waals surface area contributed by atoms with E-state index in [0.29, 0.717) is 5.89 Å². The number of carbonyl (C=O) groups excluding carboxylic acids is 1. The fourth-order valence-electron chi connectivity index (χ4n) is 2.49. The summed E-state index contributed by atoms with van der Waals surface area (Å²) in [6.45, 7) is 0. The summed E-state index contributed by atoms with van der Waals surface area (Å²) in [6, 6.07) is 7.48. The molecule has 1 aliphatic rings. The van der Waals surface area contributed by atoms with E-state index in [2.05, 4.69) is 15.5 Å². The predicted octanol–water partition coefficient (Wildman–Crippen LogP) is 1.80. The topological polar surface area (TPSA) is 94.0 Å². The molecule has 1 saturated carbocycles. The van der Waals surface area contributed by atoms with E-state index in [-0.39, 0.29) is 17.9 Å². The van der Waals surface area contributed by atoms with Crippen LogP contribution in [-0.2, 0) is 4.79 Å². The first-order chi connectivity index (χ1) is 9.72. The van der Waals surface area contributed by atoms with Gasteiger partial charge in [-0.05, 0) is 43.5 Å². The summed E-state index contributed by atoms with van der Waals surface area (Å²) in [6.07, 6.45) is 3.85. The van der Waals surface area contributed by atoms with Gasteiger partial charge < -0.3 is 15.5 Å². The lowest BCUT2D eigenvalue weighted by molar-refractivity contribution is -0.119. The molecule has 3 N–H and O–H groups in total. The number of hydrogen-bond donors (Lipinski definition) is 2. The number of nitrogens with two attached hydrogens (primary N) is 1. The summed E-state index contributed by atoms with van der Waals surface area (Å²) in [4.78, 5) is 12.1. The number of nitrogens with zero attached hydrogens (tertiary/aromatic N) is 2. The maximum atomic E-state index is 12.1. The lowest BCUT2D eigenvalue weighted by atomic mass is 10.1. The van der Waals surface area contributed by atoms with Crippen LogP contribution in [0.2, 0.25) is 0 Å². The van der Waals surface area contributed by atoms with Crippen LogP contribution < -0.4 is 11.1 Å². The van der Waals surface area contributed by atoms with Crippen molar-refractivity contribution in [2.45, 2.75) is 25.3 Å². The smallest absolute Gasteiger partial charge is 0.247 e. The number of nitrogens with one attached hydrogen (secondary N) is 1. The van der Waals surface area contributed by atoms with Gasteiger partial charge in [-0.1, -0.05) is 0 Å². The van der Waals surface area contributed by atoms with Crippen LogP contribution >= 0.6 is 0 Å². The third-order valence-electron chi connectivity index (χ3n) is 3.60. The second-order valence-corrected chi connectivity index (χ2v) is 5.08. The molecule has 2 atom stereocenters. The Morgan fingerprint density at radius 1 is 1.30 bits per heavy atom. The summed E-state index contributed by atoms with van der Waals surface area (Å²) in [5, 5.41) is 10.4. The zero-order chi connectivity index (χ0) is 13.9. The van der Waals surface area contributed by atoms with E-state index in [1.807, 2.05) is 24.3 Å². The van der Waals surface area contributed by atoms with Crippen molar-refractivity contribution >= 4 is 11.6 Å². The second-order valence-electron chi connectivity index (χ2n) is 5.08. The van der Waals surface area contributed by atoms with Crippen LogP contribution in [0.5, 0.6) is 0 Å². The zero-order valence-corrected chi connectivity index (χ0v) is 11.0. The first kappa shape index (κ1) is 12.8. The van der Waals surface area contributed by atoms with Crippen molar-refractivity contribution in [2.24, 2.45) is 11.7 Å². The highest BCUT2D eigenvalue weighted by molar-refractivity contribution is 5.92. The zero-order valence-electron chi connectivity index (χ0n) is 11.0. The largest absolute Gasteiger partial charge is 0.423 e. The molecule has 104 valence electrons. The van der Waals surface area contributed by atoms with Gasteiger partial charge in [-0.25, -0.2) is 0 Å². The molecule has 2 aromatic rings. The molecule has 0 aliphatic heterocycles. The van der Waals surface area contributed by atoms with Gasteiger partial charge in [0.2, 0.25) is 18.2 Å². The maximum Gasteiger partial charge on any atom is 0.247 e. The van der Waals surface area contributed by atoms with E-state index in [0.717, 1.165) is 30.5 Å². The van der Waals surface area contributed by atoms with Crippen LogP contribution in [0, 0.1) is 5.92 Å². The third-order valence-corrected chi connectivity index (χ3v) is 3.60. The van der Waals surface area contributed by atoms with Gasteiger partial charge in [0.1, 0.15) is 0 Å². The molecule has 1 aromatic carbocycles. The minimum absolute atomic E-state index is 0.0283. The summed E-state index contributed by atoms with van der Waals surface area (Å²) < 4.78 is 5.11. The van der Waals surface area contributed by atoms with Crippen LogP contribution in [0.25, 0.3) is 11.5 Å². The lowest BCUT2D eigenvalue weighted by Crippen LogP contribution is -2.23.